The van der Waals surface area contributed by atoms with E-state index in [2.05, 4.69) is 15.3 Å². The summed E-state index contributed by atoms with van der Waals surface area (Å²) in [5.74, 6) is -0.298. The minimum Gasteiger partial charge on any atom is -0.484 e. The van der Waals surface area contributed by atoms with Gasteiger partial charge in [-0.2, -0.15) is 0 Å². The molecule has 1 aliphatic heterocycles. The molecule has 1 aliphatic rings. The number of nitrogens with zero attached hydrogens (tertiary/aromatic N) is 4. The molecular formula is C25H27F2N5O2. The van der Waals surface area contributed by atoms with Crippen molar-refractivity contribution in [1.29, 1.82) is 0 Å². The van der Waals surface area contributed by atoms with Crippen molar-refractivity contribution >= 4 is 11.7 Å². The number of anilines is 1. The molecule has 3 aromatic rings. The second-order valence-corrected chi connectivity index (χ2v) is 8.18. The van der Waals surface area contributed by atoms with Gasteiger partial charge in [-0.25, -0.2) is 13.8 Å². The number of aromatic nitrogens is 2. The first-order chi connectivity index (χ1) is 16.5. The van der Waals surface area contributed by atoms with Gasteiger partial charge in [0.1, 0.15) is 29.3 Å². The zero-order chi connectivity index (χ0) is 24.1. The number of pyridine rings is 2. The van der Waals surface area contributed by atoms with Crippen LogP contribution in [-0.2, 0) is 6.54 Å². The van der Waals surface area contributed by atoms with Gasteiger partial charge in [-0.05, 0) is 43.4 Å². The number of fused-ring (bicyclic) bond motifs is 1. The van der Waals surface area contributed by atoms with Crippen molar-refractivity contribution in [2.45, 2.75) is 19.1 Å². The summed E-state index contributed by atoms with van der Waals surface area (Å²) in [7, 11) is 3.69. The molecule has 9 heteroatoms. The van der Waals surface area contributed by atoms with Gasteiger partial charge in [-0.3, -0.25) is 9.78 Å². The normalized spacial score (nSPS) is 14.5. The molecule has 7 nitrogen and oxygen atoms in total. The van der Waals surface area contributed by atoms with E-state index < -0.39 is 11.9 Å². The molecule has 0 fully saturated rings. The van der Waals surface area contributed by atoms with Crippen LogP contribution in [0.2, 0.25) is 0 Å². The molecule has 34 heavy (non-hydrogen) atoms. The topological polar surface area (TPSA) is 70.6 Å². The fourth-order valence-electron chi connectivity index (χ4n) is 3.92. The Morgan fingerprint density at radius 3 is 2.76 bits per heavy atom. The number of carbonyl (C=O) groups is 1. The number of ether oxygens (including phenoxy) is 1. The number of benzene rings is 1. The largest absolute Gasteiger partial charge is 0.484 e. The molecule has 1 atom stereocenters. The van der Waals surface area contributed by atoms with Gasteiger partial charge in [0.15, 0.2) is 0 Å². The summed E-state index contributed by atoms with van der Waals surface area (Å²) in [5, 5.41) is 3.04. The van der Waals surface area contributed by atoms with Crippen molar-refractivity contribution in [3.8, 4) is 5.75 Å². The summed E-state index contributed by atoms with van der Waals surface area (Å²) in [5.41, 5.74) is 1.28. The van der Waals surface area contributed by atoms with Crippen molar-refractivity contribution in [1.82, 2.24) is 20.2 Å². The Labute approximate surface area is 197 Å². The Bertz CT molecular complexity index is 1160. The van der Waals surface area contributed by atoms with Gasteiger partial charge in [0.2, 0.25) is 0 Å². The lowest BCUT2D eigenvalue weighted by molar-refractivity contribution is 0.0751. The maximum absolute atomic E-state index is 15.0. The third kappa shape index (κ3) is 5.31. The maximum atomic E-state index is 15.0. The van der Waals surface area contributed by atoms with E-state index in [1.807, 2.05) is 19.0 Å². The van der Waals surface area contributed by atoms with Crippen molar-refractivity contribution in [2.24, 2.45) is 0 Å². The van der Waals surface area contributed by atoms with E-state index in [0.717, 1.165) is 0 Å². The van der Waals surface area contributed by atoms with Gasteiger partial charge in [0.05, 0.1) is 24.0 Å². The van der Waals surface area contributed by atoms with Crippen molar-refractivity contribution in [2.75, 3.05) is 38.6 Å². The van der Waals surface area contributed by atoms with Crippen molar-refractivity contribution in [3.63, 3.8) is 0 Å². The molecule has 1 aromatic carbocycles. The SMILES string of the molecule is CNCCC(Oc1cnc(CN2CCN(C)c3ncccc3C2=O)c(F)c1)c1cccc(F)c1. The summed E-state index contributed by atoms with van der Waals surface area (Å²) < 4.78 is 34.7. The standard InChI is InChI=1S/C25H27F2N5O2/c1-28-10-8-23(17-5-3-6-18(26)13-17)34-19-14-21(27)22(30-15-19)16-32-12-11-31(2)24-20(25(32)33)7-4-9-29-24/h3-7,9,13-15,23,28H,8,10-12,16H2,1-2H3. The van der Waals surface area contributed by atoms with Gasteiger partial charge >= 0.3 is 0 Å². The molecule has 2 aromatic heterocycles. The smallest absolute Gasteiger partial charge is 0.258 e. The Hall–Kier alpha value is -3.59. The molecule has 0 spiro atoms. The fraction of sp³-hybridized carbons (Fsp3) is 0.320. The van der Waals surface area contributed by atoms with Crippen molar-refractivity contribution in [3.05, 3.63) is 83.3 Å². The number of carbonyl (C=O) groups excluding carboxylic acids is 1. The summed E-state index contributed by atoms with van der Waals surface area (Å²) >= 11 is 0. The van der Waals surface area contributed by atoms with Crippen LogP contribution < -0.4 is 15.0 Å². The fourth-order valence-corrected chi connectivity index (χ4v) is 3.92. The average molecular weight is 468 g/mol. The lowest BCUT2D eigenvalue weighted by Gasteiger charge is -2.22. The predicted molar refractivity (Wildman–Crippen MR) is 125 cm³/mol. The number of amides is 1. The van der Waals surface area contributed by atoms with Gasteiger partial charge < -0.3 is 19.9 Å². The molecule has 178 valence electrons. The van der Waals surface area contributed by atoms with E-state index in [0.29, 0.717) is 43.0 Å². The molecule has 0 aliphatic carbocycles. The Morgan fingerprint density at radius 1 is 1.15 bits per heavy atom. The van der Waals surface area contributed by atoms with Crippen LogP contribution in [-0.4, -0.2) is 54.5 Å². The van der Waals surface area contributed by atoms with E-state index in [-0.39, 0.29) is 29.7 Å². The van der Waals surface area contributed by atoms with Crippen LogP contribution in [0.15, 0.2) is 54.9 Å². The van der Waals surface area contributed by atoms with Gasteiger partial charge in [-0.15, -0.1) is 0 Å². The predicted octanol–water partition coefficient (Wildman–Crippen LogP) is 3.58. The number of rotatable bonds is 8. The zero-order valence-corrected chi connectivity index (χ0v) is 19.2. The average Bonchev–Trinajstić information content (AvgIpc) is 2.95. The molecule has 0 radical (unpaired) electrons. The van der Waals surface area contributed by atoms with Crippen LogP contribution in [0.5, 0.6) is 5.75 Å². The number of likely N-dealkylation sites (N-methyl/N-ethyl adjacent to an activating group) is 1. The summed E-state index contributed by atoms with van der Waals surface area (Å²) in [4.78, 5) is 25.1. The molecular weight excluding hydrogens is 440 g/mol. The van der Waals surface area contributed by atoms with Crippen molar-refractivity contribution < 1.29 is 18.3 Å². The summed E-state index contributed by atoms with van der Waals surface area (Å²) in [6.45, 7) is 1.65. The monoisotopic (exact) mass is 467 g/mol. The maximum Gasteiger partial charge on any atom is 0.258 e. The lowest BCUT2D eigenvalue weighted by atomic mass is 10.1. The minimum absolute atomic E-state index is 0.0280. The van der Waals surface area contributed by atoms with Crippen LogP contribution in [0.1, 0.15) is 34.1 Å². The summed E-state index contributed by atoms with van der Waals surface area (Å²) in [6, 6.07) is 10.9. The molecule has 1 amide bonds. The van der Waals surface area contributed by atoms with E-state index in [9.17, 15) is 13.6 Å². The van der Waals surface area contributed by atoms with Crippen LogP contribution in [0.3, 0.4) is 0 Å². The number of hydrogen-bond donors (Lipinski definition) is 1. The Morgan fingerprint density at radius 2 is 2.00 bits per heavy atom. The highest BCUT2D eigenvalue weighted by Crippen LogP contribution is 2.27. The molecule has 1 unspecified atom stereocenters. The lowest BCUT2D eigenvalue weighted by Crippen LogP contribution is -2.33. The Kier molecular flexibility index (Phi) is 7.32. The quantitative estimate of drug-likeness (QED) is 0.546. The van der Waals surface area contributed by atoms with Gasteiger partial charge in [-0.1, -0.05) is 12.1 Å². The number of hydrogen-bond acceptors (Lipinski definition) is 6. The van der Waals surface area contributed by atoms with Crippen LogP contribution in [0.4, 0.5) is 14.6 Å². The van der Waals surface area contributed by atoms with Gasteiger partial charge in [0.25, 0.3) is 5.91 Å². The molecule has 0 bridgehead atoms. The second-order valence-electron chi connectivity index (χ2n) is 8.18. The molecule has 0 saturated heterocycles. The Balaban J connectivity index is 1.51. The first-order valence-electron chi connectivity index (χ1n) is 11.1. The minimum atomic E-state index is -0.569. The van der Waals surface area contributed by atoms with Gasteiger partial charge in [0, 0.05) is 38.8 Å². The highest BCUT2D eigenvalue weighted by atomic mass is 19.1. The first-order valence-corrected chi connectivity index (χ1v) is 11.1. The third-order valence-electron chi connectivity index (χ3n) is 5.76. The highest BCUT2D eigenvalue weighted by molar-refractivity contribution is 5.99. The van der Waals surface area contributed by atoms with E-state index in [4.69, 9.17) is 4.74 Å². The summed E-state index contributed by atoms with van der Waals surface area (Å²) in [6.07, 6.45) is 3.17. The van der Waals surface area contributed by atoms with Crippen LogP contribution in [0.25, 0.3) is 0 Å². The highest BCUT2D eigenvalue weighted by Gasteiger charge is 2.27. The first kappa shape index (κ1) is 23.6. The van der Waals surface area contributed by atoms with E-state index >= 15 is 0 Å². The second kappa shape index (κ2) is 10.6. The van der Waals surface area contributed by atoms with Crippen LogP contribution >= 0.6 is 0 Å². The third-order valence-corrected chi connectivity index (χ3v) is 5.76. The van der Waals surface area contributed by atoms with Crippen LogP contribution in [0, 0.1) is 11.6 Å². The van der Waals surface area contributed by atoms with E-state index in [1.54, 1.807) is 35.4 Å². The zero-order valence-electron chi connectivity index (χ0n) is 19.2. The molecule has 1 N–H and O–H groups in total. The molecule has 4 rings (SSSR count). The molecule has 0 saturated carbocycles. The number of nitrogens with one attached hydrogen (secondary N) is 1. The number of halogens is 2. The molecule has 3 heterocycles. The van der Waals surface area contributed by atoms with E-state index in [1.165, 1.54) is 24.4 Å².